The van der Waals surface area contributed by atoms with Gasteiger partial charge >= 0.3 is 6.01 Å². The second-order valence-corrected chi connectivity index (χ2v) is 16.7. The Morgan fingerprint density at radius 3 is 1.48 bits per heavy atom. The van der Waals surface area contributed by atoms with Crippen LogP contribution in [0.1, 0.15) is 5.56 Å². The molecular weight excluding hydrogens is 827 g/mol. The molecule has 0 atom stereocenters. The number of hydrogen-bond acceptors (Lipinski definition) is 19. The van der Waals surface area contributed by atoms with Crippen LogP contribution in [0.25, 0.3) is 0 Å². The van der Waals surface area contributed by atoms with Gasteiger partial charge in [-0.05, 0) is 79.2 Å². The fourth-order valence-corrected chi connectivity index (χ4v) is 6.80. The highest BCUT2D eigenvalue weighted by Gasteiger charge is 2.20. The Labute approximate surface area is 316 Å². The van der Waals surface area contributed by atoms with Gasteiger partial charge in [-0.1, -0.05) is 0 Å². The molecule has 0 bridgehead atoms. The Hall–Kier alpha value is -6.07. The summed E-state index contributed by atoms with van der Waals surface area (Å²) in [6.07, 6.45) is 0. The molecule has 23 nitrogen and oxygen atoms in total. The summed E-state index contributed by atoms with van der Waals surface area (Å²) in [7, 11) is -18.2. The molecule has 5 aromatic rings. The van der Waals surface area contributed by atoms with E-state index in [0.29, 0.717) is 23.4 Å². The lowest BCUT2D eigenvalue weighted by molar-refractivity contribution is 0.416. The fraction of sp³-hybridized carbons (Fsp3) is 0.0690. The number of aromatic nitrogens is 3. The minimum Gasteiger partial charge on any atom is -0.494 e. The number of azo groups is 2. The zero-order chi connectivity index (χ0) is 41.2. The monoisotopic (exact) mass is 851 g/mol. The zero-order valence-electron chi connectivity index (χ0n) is 28.1. The van der Waals surface area contributed by atoms with Crippen LogP contribution >= 0.6 is 0 Å². The van der Waals surface area contributed by atoms with E-state index in [1.165, 1.54) is 37.4 Å². The van der Waals surface area contributed by atoms with Gasteiger partial charge in [0.25, 0.3) is 40.5 Å². The van der Waals surface area contributed by atoms with Gasteiger partial charge in [0.2, 0.25) is 11.9 Å². The molecule has 5 rings (SSSR count). The largest absolute Gasteiger partial charge is 0.494 e. The third kappa shape index (κ3) is 10.6. The van der Waals surface area contributed by atoms with E-state index in [1.54, 1.807) is 13.0 Å². The second kappa shape index (κ2) is 15.6. The average Bonchev–Trinajstić information content (AvgIpc) is 3.09. The molecule has 56 heavy (non-hydrogen) atoms. The van der Waals surface area contributed by atoms with Crippen molar-refractivity contribution in [3.63, 3.8) is 0 Å². The van der Waals surface area contributed by atoms with Crippen LogP contribution in [0.15, 0.2) is 113 Å². The molecule has 0 amide bonds. The molecule has 4 aromatic carbocycles. The molecule has 0 spiro atoms. The minimum absolute atomic E-state index is 0.117. The molecule has 1 heterocycles. The van der Waals surface area contributed by atoms with Gasteiger partial charge < -0.3 is 20.5 Å². The van der Waals surface area contributed by atoms with Crippen LogP contribution in [-0.2, 0) is 40.5 Å². The quantitative estimate of drug-likeness (QED) is 0.0591. The fourth-order valence-electron chi connectivity index (χ4n) is 4.47. The normalized spacial score (nSPS) is 12.6. The molecule has 7 N–H and O–H groups in total. The zero-order valence-corrected chi connectivity index (χ0v) is 31.4. The number of methoxy groups -OCH3 is 1. The lowest BCUT2D eigenvalue weighted by Crippen LogP contribution is -2.04. The second-order valence-electron chi connectivity index (χ2n) is 11.0. The van der Waals surface area contributed by atoms with Gasteiger partial charge in [0.1, 0.15) is 5.75 Å². The molecule has 0 saturated carbocycles. The number of aromatic hydroxyl groups is 1. The first-order valence-corrected chi connectivity index (χ1v) is 20.6. The Morgan fingerprint density at radius 1 is 0.554 bits per heavy atom. The SMILES string of the molecule is COc1cc(N=Nc2cc(S(=O)(=O)O)cc(S(=O)(=O)O)c2)ccc1Nc1nc(O)nc(Nc2ccc(N=Nc3cc(S(=O)(=O)O)cc(S(=O)(=O)O)c3)c(C)c2)n1. The number of benzene rings is 4. The molecule has 0 unspecified atom stereocenters. The average molecular weight is 852 g/mol. The highest BCUT2D eigenvalue weighted by atomic mass is 32.2. The number of hydrogen-bond donors (Lipinski definition) is 7. The number of nitrogens with zero attached hydrogens (tertiary/aromatic N) is 7. The molecule has 0 fully saturated rings. The predicted octanol–water partition coefficient (Wildman–Crippen LogP) is 5.20. The summed E-state index contributed by atoms with van der Waals surface area (Å²) in [5.41, 5.74) is 0.831. The molecule has 0 saturated heterocycles. The molecule has 0 aliphatic carbocycles. The van der Waals surface area contributed by atoms with Crippen molar-refractivity contribution < 1.29 is 61.7 Å². The van der Waals surface area contributed by atoms with Crippen LogP contribution in [0.5, 0.6) is 11.8 Å². The van der Waals surface area contributed by atoms with Gasteiger partial charge in [-0.2, -0.15) is 69.1 Å². The number of ether oxygens (including phenoxy) is 1. The van der Waals surface area contributed by atoms with Crippen molar-refractivity contribution in [1.82, 2.24) is 15.0 Å². The molecule has 0 aliphatic heterocycles. The van der Waals surface area contributed by atoms with E-state index in [2.05, 4.69) is 46.0 Å². The van der Waals surface area contributed by atoms with E-state index in [9.17, 15) is 57.0 Å². The van der Waals surface area contributed by atoms with E-state index >= 15 is 0 Å². The van der Waals surface area contributed by atoms with Crippen molar-refractivity contribution in [1.29, 1.82) is 0 Å². The Balaban J connectivity index is 1.34. The standard InChI is InChI=1S/C29H25N9O14S4/c1-15-7-16(3-5-24(15)38-37-19-10-22(55(46,47)48)14-23(11-19)56(49,50)51)30-27-32-28(34-29(39)33-27)31-25-6-4-17(12-26(25)52-2)35-36-18-8-20(53(40,41)42)13-21(9-18)54(43,44)45/h3-14H,1-2H3,(H,40,41,42)(H,43,44,45)(H,46,47,48)(H,49,50,51)(H3,30,31,32,33,34,39). The van der Waals surface area contributed by atoms with Gasteiger partial charge in [0, 0.05) is 11.8 Å². The van der Waals surface area contributed by atoms with Gasteiger partial charge in [0.15, 0.2) is 0 Å². The third-order valence-corrected chi connectivity index (χ3v) is 10.3. The Morgan fingerprint density at radius 2 is 1.02 bits per heavy atom. The summed E-state index contributed by atoms with van der Waals surface area (Å²) in [5.74, 6) is -0.152. The van der Waals surface area contributed by atoms with E-state index in [-0.39, 0.29) is 46.1 Å². The Kier molecular flexibility index (Phi) is 11.4. The molecule has 294 valence electrons. The summed E-state index contributed by atoms with van der Waals surface area (Å²) >= 11 is 0. The Bertz CT molecular complexity index is 2790. The van der Waals surface area contributed by atoms with E-state index in [4.69, 9.17) is 4.74 Å². The third-order valence-electron chi connectivity index (χ3n) is 6.98. The molecule has 0 radical (unpaired) electrons. The van der Waals surface area contributed by atoms with Crippen molar-refractivity contribution in [2.24, 2.45) is 20.5 Å². The summed E-state index contributed by atoms with van der Waals surface area (Å²) in [6, 6.07) is 12.5. The van der Waals surface area contributed by atoms with E-state index in [1.807, 2.05) is 0 Å². The summed E-state index contributed by atoms with van der Waals surface area (Å²) in [4.78, 5) is 8.52. The first-order chi connectivity index (χ1) is 26.0. The van der Waals surface area contributed by atoms with Gasteiger partial charge in [0.05, 0.1) is 55.1 Å². The molecular formula is C29H25N9O14S4. The highest BCUT2D eigenvalue weighted by molar-refractivity contribution is 7.87. The summed E-state index contributed by atoms with van der Waals surface area (Å²) in [6.45, 7) is 1.62. The van der Waals surface area contributed by atoms with Crippen LogP contribution in [0, 0.1) is 6.92 Å². The first kappa shape index (κ1) is 41.1. The summed E-state index contributed by atoms with van der Waals surface area (Å²) < 4.78 is 136. The van der Waals surface area contributed by atoms with Crippen molar-refractivity contribution in [3.8, 4) is 11.8 Å². The lowest BCUT2D eigenvalue weighted by atomic mass is 10.2. The summed E-state index contributed by atoms with van der Waals surface area (Å²) in [5, 5.41) is 31.4. The van der Waals surface area contributed by atoms with Crippen LogP contribution in [-0.4, -0.2) is 79.1 Å². The molecule has 1 aromatic heterocycles. The lowest BCUT2D eigenvalue weighted by Gasteiger charge is -2.12. The van der Waals surface area contributed by atoms with Crippen LogP contribution in [0.3, 0.4) is 0 Å². The molecule has 27 heteroatoms. The number of rotatable bonds is 13. The van der Waals surface area contributed by atoms with Crippen LogP contribution < -0.4 is 15.4 Å². The van der Waals surface area contributed by atoms with Crippen LogP contribution in [0.4, 0.5) is 46.0 Å². The maximum atomic E-state index is 11.6. The number of aryl methyl sites for hydroxylation is 1. The van der Waals surface area contributed by atoms with Gasteiger partial charge in [-0.3, -0.25) is 18.2 Å². The van der Waals surface area contributed by atoms with Crippen molar-refractivity contribution in [2.45, 2.75) is 26.5 Å². The van der Waals surface area contributed by atoms with Gasteiger partial charge in [-0.15, -0.1) is 0 Å². The minimum atomic E-state index is -4.88. The van der Waals surface area contributed by atoms with Crippen molar-refractivity contribution >= 4 is 86.5 Å². The molecule has 0 aliphatic rings. The first-order valence-electron chi connectivity index (χ1n) is 14.8. The van der Waals surface area contributed by atoms with E-state index < -0.39 is 66.1 Å². The van der Waals surface area contributed by atoms with E-state index in [0.717, 1.165) is 24.3 Å². The number of nitrogens with one attached hydrogen (secondary N) is 2. The smallest absolute Gasteiger partial charge is 0.320 e. The van der Waals surface area contributed by atoms with Crippen LogP contribution in [0.2, 0.25) is 0 Å². The topological polar surface area (TPSA) is 359 Å². The predicted molar refractivity (Wildman–Crippen MR) is 193 cm³/mol. The highest BCUT2D eigenvalue weighted by Crippen LogP contribution is 2.34. The van der Waals surface area contributed by atoms with Crippen molar-refractivity contribution in [2.75, 3.05) is 17.7 Å². The van der Waals surface area contributed by atoms with Gasteiger partial charge in [-0.25, -0.2) is 0 Å². The van der Waals surface area contributed by atoms with Crippen molar-refractivity contribution in [3.05, 3.63) is 78.4 Å². The maximum absolute atomic E-state index is 11.6. The number of anilines is 4. The maximum Gasteiger partial charge on any atom is 0.320 e.